The summed E-state index contributed by atoms with van der Waals surface area (Å²) in [4.78, 5) is 19.3. The van der Waals surface area contributed by atoms with E-state index in [0.29, 0.717) is 22.4 Å². The standard InChI is InChI=1S/C21H18ClFN6O3S/c1-12-11-28(19-7-5-14(29(30)31)9-15(12)19)20-16(22)10-24-21(26-20)25-13-4-6-18(17(23)8-13)27-33(2,3)32/h4-11H,1-3H3,(H,24,25,26). The van der Waals surface area contributed by atoms with Gasteiger partial charge >= 0.3 is 0 Å². The van der Waals surface area contributed by atoms with E-state index < -0.39 is 20.5 Å². The SMILES string of the molecule is Cc1cn(-c2nc(Nc3ccc(N=S(C)(C)=O)c(F)c3)ncc2Cl)c2ccc([N+](=O)[O-])cc12. The van der Waals surface area contributed by atoms with E-state index in [0.717, 1.165) is 5.56 Å². The number of nitro benzene ring substituents is 1. The summed E-state index contributed by atoms with van der Waals surface area (Å²) < 4.78 is 31.8. The van der Waals surface area contributed by atoms with Crippen LogP contribution in [0.2, 0.25) is 5.02 Å². The summed E-state index contributed by atoms with van der Waals surface area (Å²) in [6.45, 7) is 1.83. The van der Waals surface area contributed by atoms with Crippen LogP contribution in [0.15, 0.2) is 53.2 Å². The zero-order valence-electron chi connectivity index (χ0n) is 17.7. The van der Waals surface area contributed by atoms with E-state index in [1.807, 2.05) is 6.92 Å². The Morgan fingerprint density at radius 3 is 2.67 bits per heavy atom. The van der Waals surface area contributed by atoms with Crippen molar-refractivity contribution in [2.24, 2.45) is 4.36 Å². The molecule has 0 spiro atoms. The lowest BCUT2D eigenvalue weighted by atomic mass is 10.2. The normalized spacial score (nSPS) is 11.5. The van der Waals surface area contributed by atoms with Crippen LogP contribution in [-0.4, -0.2) is 36.2 Å². The number of non-ortho nitro benzene ring substituents is 1. The maximum atomic E-state index is 14.4. The molecule has 0 aliphatic rings. The summed E-state index contributed by atoms with van der Waals surface area (Å²) >= 11 is 6.35. The minimum absolute atomic E-state index is 0.00311. The maximum Gasteiger partial charge on any atom is 0.270 e. The van der Waals surface area contributed by atoms with Crippen LogP contribution in [0.5, 0.6) is 0 Å². The number of aromatic nitrogens is 3. The van der Waals surface area contributed by atoms with Gasteiger partial charge in [-0.05, 0) is 36.8 Å². The summed E-state index contributed by atoms with van der Waals surface area (Å²) in [6.07, 6.45) is 6.02. The second-order valence-corrected chi connectivity index (χ2v) is 10.5. The Bertz CT molecular complexity index is 1540. The molecule has 33 heavy (non-hydrogen) atoms. The zero-order chi connectivity index (χ0) is 23.9. The minimum atomic E-state index is -2.50. The van der Waals surface area contributed by atoms with Crippen LogP contribution >= 0.6 is 11.6 Å². The summed E-state index contributed by atoms with van der Waals surface area (Å²) in [5, 5.41) is 15.0. The Hall–Kier alpha value is -3.57. The molecule has 1 N–H and O–H groups in total. The Kier molecular flexibility index (Phi) is 5.76. The number of halogens is 2. The van der Waals surface area contributed by atoms with Crippen molar-refractivity contribution in [3.05, 3.63) is 75.3 Å². The molecule has 12 heteroatoms. The Morgan fingerprint density at radius 1 is 1.24 bits per heavy atom. The van der Waals surface area contributed by atoms with Crippen LogP contribution in [0, 0.1) is 22.9 Å². The lowest BCUT2D eigenvalue weighted by Gasteiger charge is -2.10. The molecule has 0 atom stereocenters. The number of hydrogen-bond donors (Lipinski definition) is 1. The first-order valence-corrected chi connectivity index (χ1v) is 12.3. The minimum Gasteiger partial charge on any atom is -0.324 e. The van der Waals surface area contributed by atoms with Crippen LogP contribution < -0.4 is 5.32 Å². The summed E-state index contributed by atoms with van der Waals surface area (Å²) in [5.41, 5.74) is 1.84. The number of aryl methyl sites for hydroxylation is 1. The van der Waals surface area contributed by atoms with Crippen LogP contribution in [0.25, 0.3) is 16.7 Å². The predicted molar refractivity (Wildman–Crippen MR) is 127 cm³/mol. The van der Waals surface area contributed by atoms with Crippen LogP contribution in [0.3, 0.4) is 0 Å². The molecule has 2 aromatic carbocycles. The second kappa shape index (κ2) is 8.41. The molecular weight excluding hydrogens is 471 g/mol. The highest BCUT2D eigenvalue weighted by Crippen LogP contribution is 2.31. The van der Waals surface area contributed by atoms with Crippen LogP contribution in [0.1, 0.15) is 5.56 Å². The van der Waals surface area contributed by atoms with Gasteiger partial charge in [0.25, 0.3) is 5.69 Å². The van der Waals surface area contributed by atoms with Gasteiger partial charge in [0.2, 0.25) is 5.95 Å². The van der Waals surface area contributed by atoms with Gasteiger partial charge in [-0.2, -0.15) is 9.35 Å². The van der Waals surface area contributed by atoms with Gasteiger partial charge in [0.05, 0.1) is 16.6 Å². The highest BCUT2D eigenvalue weighted by Gasteiger charge is 2.16. The summed E-state index contributed by atoms with van der Waals surface area (Å²) in [7, 11) is -2.50. The highest BCUT2D eigenvalue weighted by atomic mass is 35.5. The summed E-state index contributed by atoms with van der Waals surface area (Å²) in [6, 6.07) is 8.72. The average Bonchev–Trinajstić information content (AvgIpc) is 3.06. The monoisotopic (exact) mass is 488 g/mol. The van der Waals surface area contributed by atoms with Crippen molar-refractivity contribution in [1.29, 1.82) is 0 Å². The number of fused-ring (bicyclic) bond motifs is 1. The van der Waals surface area contributed by atoms with E-state index in [9.17, 15) is 18.7 Å². The van der Waals surface area contributed by atoms with Crippen molar-refractivity contribution in [1.82, 2.24) is 14.5 Å². The molecule has 0 fully saturated rings. The molecule has 0 unspecified atom stereocenters. The fourth-order valence-electron chi connectivity index (χ4n) is 3.28. The van der Waals surface area contributed by atoms with E-state index >= 15 is 0 Å². The number of rotatable bonds is 5. The molecule has 4 aromatic rings. The lowest BCUT2D eigenvalue weighted by molar-refractivity contribution is -0.384. The third kappa shape index (κ3) is 4.78. The molecule has 4 rings (SSSR count). The fourth-order valence-corrected chi connectivity index (χ4v) is 4.09. The molecular formula is C21H18ClFN6O3S. The molecule has 0 aliphatic heterocycles. The average molecular weight is 489 g/mol. The van der Waals surface area contributed by atoms with E-state index in [1.165, 1.54) is 43.0 Å². The number of nitrogens with zero attached hydrogens (tertiary/aromatic N) is 5. The van der Waals surface area contributed by atoms with Crippen molar-refractivity contribution < 1.29 is 13.5 Å². The second-order valence-electron chi connectivity index (χ2n) is 7.57. The van der Waals surface area contributed by atoms with Gasteiger partial charge in [0, 0.05) is 51.6 Å². The smallest absolute Gasteiger partial charge is 0.270 e. The molecule has 2 heterocycles. The van der Waals surface area contributed by atoms with Gasteiger partial charge in [-0.25, -0.2) is 13.6 Å². The van der Waals surface area contributed by atoms with Crippen molar-refractivity contribution in [3.8, 4) is 5.82 Å². The molecule has 0 amide bonds. The van der Waals surface area contributed by atoms with E-state index in [2.05, 4.69) is 19.6 Å². The zero-order valence-corrected chi connectivity index (χ0v) is 19.3. The van der Waals surface area contributed by atoms with Crippen molar-refractivity contribution in [2.75, 3.05) is 17.8 Å². The van der Waals surface area contributed by atoms with E-state index in [1.54, 1.807) is 22.9 Å². The maximum absolute atomic E-state index is 14.4. The van der Waals surface area contributed by atoms with Gasteiger partial charge < -0.3 is 5.32 Å². The molecule has 170 valence electrons. The van der Waals surface area contributed by atoms with Gasteiger partial charge in [0.1, 0.15) is 10.7 Å². The van der Waals surface area contributed by atoms with Gasteiger partial charge in [-0.3, -0.25) is 14.7 Å². The van der Waals surface area contributed by atoms with E-state index in [-0.39, 0.29) is 22.3 Å². The Morgan fingerprint density at radius 2 is 2.00 bits per heavy atom. The third-order valence-electron chi connectivity index (χ3n) is 4.67. The number of nitrogens with one attached hydrogen (secondary N) is 1. The van der Waals surface area contributed by atoms with Gasteiger partial charge in [0.15, 0.2) is 11.6 Å². The number of nitro groups is 1. The summed E-state index contributed by atoms with van der Waals surface area (Å²) in [5.74, 6) is -0.126. The lowest BCUT2D eigenvalue weighted by Crippen LogP contribution is -2.03. The Labute approximate surface area is 193 Å². The number of benzene rings is 2. The van der Waals surface area contributed by atoms with Crippen molar-refractivity contribution in [3.63, 3.8) is 0 Å². The molecule has 2 aromatic heterocycles. The predicted octanol–water partition coefficient (Wildman–Crippen LogP) is 5.53. The number of hydrogen-bond acceptors (Lipinski definition) is 7. The third-order valence-corrected chi connectivity index (χ3v) is 5.58. The van der Waals surface area contributed by atoms with E-state index in [4.69, 9.17) is 11.6 Å². The largest absolute Gasteiger partial charge is 0.324 e. The molecule has 0 saturated carbocycles. The fraction of sp³-hybridized carbons (Fsp3) is 0.143. The molecule has 0 radical (unpaired) electrons. The molecule has 9 nitrogen and oxygen atoms in total. The number of anilines is 2. The first kappa shape index (κ1) is 22.6. The molecule has 0 saturated heterocycles. The van der Waals surface area contributed by atoms with Crippen molar-refractivity contribution >= 4 is 55.2 Å². The first-order chi connectivity index (χ1) is 15.5. The van der Waals surface area contributed by atoms with Crippen LogP contribution in [-0.2, 0) is 9.73 Å². The highest BCUT2D eigenvalue weighted by molar-refractivity contribution is 7.92. The van der Waals surface area contributed by atoms with Gasteiger partial charge in [-0.1, -0.05) is 11.6 Å². The molecule has 0 aliphatic carbocycles. The molecule has 0 bridgehead atoms. The van der Waals surface area contributed by atoms with Gasteiger partial charge in [-0.15, -0.1) is 0 Å². The van der Waals surface area contributed by atoms with Crippen LogP contribution in [0.4, 0.5) is 27.4 Å². The quantitative estimate of drug-likeness (QED) is 0.291. The van der Waals surface area contributed by atoms with Crippen molar-refractivity contribution in [2.45, 2.75) is 6.92 Å². The topological polar surface area (TPSA) is 115 Å². The first-order valence-electron chi connectivity index (χ1n) is 9.54. The Balaban J connectivity index is 1.72.